The Labute approximate surface area is 252 Å². The van der Waals surface area contributed by atoms with Gasteiger partial charge in [0.05, 0.1) is 17.7 Å². The van der Waals surface area contributed by atoms with Gasteiger partial charge in [0.25, 0.3) is 10.0 Å². The third-order valence-corrected chi connectivity index (χ3v) is 9.10. The molecule has 8 nitrogen and oxygen atoms in total. The van der Waals surface area contributed by atoms with Gasteiger partial charge in [-0.2, -0.15) is 0 Å². The highest BCUT2D eigenvalue weighted by Crippen LogP contribution is 2.34. The van der Waals surface area contributed by atoms with Crippen LogP contribution in [0.1, 0.15) is 38.3 Å². The molecule has 41 heavy (non-hydrogen) atoms. The summed E-state index contributed by atoms with van der Waals surface area (Å²) < 4.78 is 34.5. The Kier molecular flexibility index (Phi) is 11.1. The van der Waals surface area contributed by atoms with E-state index in [0.29, 0.717) is 22.0 Å². The molecule has 0 bridgehead atoms. The van der Waals surface area contributed by atoms with E-state index in [1.807, 2.05) is 20.8 Å². The summed E-state index contributed by atoms with van der Waals surface area (Å²) in [6.07, 6.45) is 0.700. The summed E-state index contributed by atoms with van der Waals surface area (Å²) >= 11 is 12.5. The Morgan fingerprint density at radius 2 is 1.68 bits per heavy atom. The molecule has 0 saturated carbocycles. The number of sulfonamides is 1. The number of hydrogen-bond acceptors (Lipinski definition) is 5. The van der Waals surface area contributed by atoms with Crippen LogP contribution in [0.3, 0.4) is 0 Å². The molecule has 1 N–H and O–H groups in total. The van der Waals surface area contributed by atoms with Crippen molar-refractivity contribution in [3.8, 4) is 5.75 Å². The highest BCUT2D eigenvalue weighted by molar-refractivity contribution is 7.92. The number of ether oxygens (including phenoxy) is 1. The van der Waals surface area contributed by atoms with Gasteiger partial charge in [0.1, 0.15) is 18.3 Å². The van der Waals surface area contributed by atoms with Crippen LogP contribution in [0.4, 0.5) is 5.69 Å². The molecule has 0 fully saturated rings. The fraction of sp³-hybridized carbons (Fsp3) is 0.333. The number of nitrogens with one attached hydrogen (secondary N) is 1. The lowest BCUT2D eigenvalue weighted by molar-refractivity contribution is -0.139. The molecule has 3 rings (SSSR count). The molecule has 3 aromatic carbocycles. The van der Waals surface area contributed by atoms with Crippen molar-refractivity contribution in [1.82, 2.24) is 10.2 Å². The van der Waals surface area contributed by atoms with Gasteiger partial charge in [0.15, 0.2) is 0 Å². The maximum Gasteiger partial charge on any atom is 0.264 e. The minimum atomic E-state index is -4.23. The first-order valence-corrected chi connectivity index (χ1v) is 15.3. The van der Waals surface area contributed by atoms with Crippen molar-refractivity contribution in [3.05, 3.63) is 87.9 Å². The fourth-order valence-electron chi connectivity index (χ4n) is 4.11. The van der Waals surface area contributed by atoms with Crippen LogP contribution in [0.25, 0.3) is 0 Å². The van der Waals surface area contributed by atoms with Gasteiger partial charge in [-0.15, -0.1) is 0 Å². The van der Waals surface area contributed by atoms with Gasteiger partial charge in [0, 0.05) is 22.6 Å². The van der Waals surface area contributed by atoms with Crippen molar-refractivity contribution in [3.63, 3.8) is 0 Å². The summed E-state index contributed by atoms with van der Waals surface area (Å²) in [4.78, 5) is 28.6. The van der Waals surface area contributed by atoms with E-state index in [0.717, 1.165) is 9.87 Å². The highest BCUT2D eigenvalue weighted by Gasteiger charge is 2.34. The van der Waals surface area contributed by atoms with Crippen molar-refractivity contribution in [2.75, 3.05) is 18.0 Å². The predicted octanol–water partition coefficient (Wildman–Crippen LogP) is 5.84. The molecular weight excluding hydrogens is 585 g/mol. The number of aryl methyl sites for hydroxylation is 1. The molecule has 0 heterocycles. The molecule has 0 saturated heterocycles. The van der Waals surface area contributed by atoms with Gasteiger partial charge in [0.2, 0.25) is 11.8 Å². The molecule has 11 heteroatoms. The van der Waals surface area contributed by atoms with Crippen LogP contribution in [0.15, 0.2) is 71.6 Å². The number of carbonyl (C=O) groups excluding carboxylic acids is 2. The Hall–Kier alpha value is -3.27. The van der Waals surface area contributed by atoms with Crippen LogP contribution in [0.5, 0.6) is 5.75 Å². The number of halogens is 2. The molecule has 0 radical (unpaired) electrons. The average Bonchev–Trinajstić information content (AvgIpc) is 2.95. The van der Waals surface area contributed by atoms with Crippen molar-refractivity contribution in [2.45, 2.75) is 57.6 Å². The number of methoxy groups -OCH3 is 1. The fourth-order valence-corrected chi connectivity index (χ4v) is 6.02. The summed E-state index contributed by atoms with van der Waals surface area (Å²) in [5.41, 5.74) is 1.52. The van der Waals surface area contributed by atoms with Crippen LogP contribution in [-0.4, -0.2) is 50.9 Å². The van der Waals surface area contributed by atoms with E-state index >= 15 is 0 Å². The van der Waals surface area contributed by atoms with Crippen LogP contribution in [0.2, 0.25) is 10.0 Å². The van der Waals surface area contributed by atoms with Crippen LogP contribution >= 0.6 is 23.2 Å². The molecule has 2 amide bonds. The number of rotatable bonds is 12. The second kappa shape index (κ2) is 14.1. The molecule has 0 aliphatic rings. The first-order valence-electron chi connectivity index (χ1n) is 13.1. The molecule has 2 atom stereocenters. The zero-order valence-corrected chi connectivity index (χ0v) is 26.1. The summed E-state index contributed by atoms with van der Waals surface area (Å²) in [6.45, 7) is 6.58. The third-order valence-electron chi connectivity index (χ3n) is 6.74. The lowest BCUT2D eigenvalue weighted by atomic mass is 10.1. The normalized spacial score (nSPS) is 12.8. The molecule has 3 aromatic rings. The number of nitrogens with zero attached hydrogens (tertiary/aromatic N) is 2. The van der Waals surface area contributed by atoms with Gasteiger partial charge in [-0.1, -0.05) is 60.5 Å². The first kappa shape index (κ1) is 32.2. The Morgan fingerprint density at radius 1 is 1.00 bits per heavy atom. The minimum absolute atomic E-state index is 0.00576. The molecule has 0 aliphatic carbocycles. The topological polar surface area (TPSA) is 96.0 Å². The maximum absolute atomic E-state index is 14.1. The lowest BCUT2D eigenvalue weighted by Gasteiger charge is -2.33. The summed E-state index contributed by atoms with van der Waals surface area (Å²) in [5.74, 6) is -0.702. The number of amides is 2. The van der Waals surface area contributed by atoms with Gasteiger partial charge >= 0.3 is 0 Å². The third kappa shape index (κ3) is 7.93. The quantitative estimate of drug-likeness (QED) is 0.275. The monoisotopic (exact) mass is 619 g/mol. The SMILES string of the molecule is CC[C@H](C)NC(=O)[C@@H](C)N(Cc1ccc(Cl)cc1Cl)C(=O)CN(c1cc(C)ccc1OC)S(=O)(=O)c1ccccc1. The van der Waals surface area contributed by atoms with Crippen molar-refractivity contribution >= 4 is 50.7 Å². The predicted molar refractivity (Wildman–Crippen MR) is 163 cm³/mol. The van der Waals surface area contributed by atoms with Crippen LogP contribution in [0, 0.1) is 6.92 Å². The second-order valence-electron chi connectivity index (χ2n) is 9.75. The molecule has 220 valence electrons. The molecule has 0 unspecified atom stereocenters. The van der Waals surface area contributed by atoms with E-state index in [2.05, 4.69) is 5.32 Å². The van der Waals surface area contributed by atoms with Gasteiger partial charge in [-0.3, -0.25) is 13.9 Å². The number of benzene rings is 3. The lowest BCUT2D eigenvalue weighted by Crippen LogP contribution is -2.52. The Morgan fingerprint density at radius 3 is 2.29 bits per heavy atom. The van der Waals surface area contributed by atoms with Gasteiger partial charge in [-0.25, -0.2) is 8.42 Å². The maximum atomic E-state index is 14.1. The average molecular weight is 621 g/mol. The van der Waals surface area contributed by atoms with E-state index in [1.54, 1.807) is 61.5 Å². The van der Waals surface area contributed by atoms with E-state index in [4.69, 9.17) is 27.9 Å². The highest BCUT2D eigenvalue weighted by atomic mass is 35.5. The number of carbonyl (C=O) groups is 2. The second-order valence-corrected chi connectivity index (χ2v) is 12.5. The summed E-state index contributed by atoms with van der Waals surface area (Å²) in [7, 11) is -2.80. The number of anilines is 1. The molecular formula is C30H35Cl2N3O5S. The summed E-state index contributed by atoms with van der Waals surface area (Å²) in [6, 6.07) is 16.7. The van der Waals surface area contributed by atoms with Gasteiger partial charge < -0.3 is 15.0 Å². The van der Waals surface area contributed by atoms with Crippen LogP contribution in [-0.2, 0) is 26.2 Å². The Bertz CT molecular complexity index is 1480. The molecule has 0 aliphatic heterocycles. The standard InChI is InChI=1S/C30H35Cl2N3O5S/c1-6-21(3)33-30(37)22(4)34(18-23-13-14-24(31)17-26(23)32)29(36)19-35(27-16-20(2)12-15-28(27)40-5)41(38,39)25-10-8-7-9-11-25/h7-17,21-22H,6,18-19H2,1-5H3,(H,33,37)/t21-,22+/m0/s1. The minimum Gasteiger partial charge on any atom is -0.495 e. The van der Waals surface area contributed by atoms with E-state index < -0.39 is 28.5 Å². The van der Waals surface area contributed by atoms with Crippen LogP contribution < -0.4 is 14.4 Å². The molecule has 0 spiro atoms. The van der Waals surface area contributed by atoms with Crippen molar-refractivity contribution < 1.29 is 22.7 Å². The molecule has 0 aromatic heterocycles. The van der Waals surface area contributed by atoms with E-state index in [9.17, 15) is 18.0 Å². The zero-order valence-electron chi connectivity index (χ0n) is 23.7. The zero-order chi connectivity index (χ0) is 30.3. The smallest absolute Gasteiger partial charge is 0.264 e. The first-order chi connectivity index (χ1) is 19.4. The van der Waals surface area contributed by atoms with Crippen molar-refractivity contribution in [2.24, 2.45) is 0 Å². The van der Waals surface area contributed by atoms with E-state index in [-0.39, 0.29) is 34.8 Å². The van der Waals surface area contributed by atoms with Crippen molar-refractivity contribution in [1.29, 1.82) is 0 Å². The van der Waals surface area contributed by atoms with Gasteiger partial charge in [-0.05, 0) is 74.7 Å². The largest absolute Gasteiger partial charge is 0.495 e. The summed E-state index contributed by atoms with van der Waals surface area (Å²) in [5, 5.41) is 3.64. The Balaban J connectivity index is 2.10. The number of hydrogen-bond donors (Lipinski definition) is 1. The van der Waals surface area contributed by atoms with E-state index in [1.165, 1.54) is 24.1 Å².